The molecule has 11 rings (SSSR count). The lowest BCUT2D eigenvalue weighted by Crippen LogP contribution is -2.24. The van der Waals surface area contributed by atoms with Crippen molar-refractivity contribution < 1.29 is 0 Å². The van der Waals surface area contributed by atoms with E-state index in [0.717, 1.165) is 38.8 Å². The molecule has 2 heterocycles. The standard InChI is InChI=1S/C52H40N2/c1-3-15-39-31-41(23-21-35(39)11-1)51-45-27-25-43(53-29-9-17-37-13-5-7-19-49(37)53)33-47(45)52(42-24-22-36-12-2-4-16-40(36)32-42)48-34-44(26-28-46(48)51)54-30-10-18-38-14-6-8-20-50(38)54/h1-8,11-16,19-28,31-34H,9-10,17-18,29-30H2. The van der Waals surface area contributed by atoms with Crippen LogP contribution in [0, 0.1) is 0 Å². The fraction of sp³-hybridized carbons (Fsp3) is 0.115. The van der Waals surface area contributed by atoms with Gasteiger partial charge in [0.15, 0.2) is 0 Å². The van der Waals surface area contributed by atoms with Crippen LogP contribution in [0.2, 0.25) is 0 Å². The van der Waals surface area contributed by atoms with E-state index in [1.54, 1.807) is 0 Å². The van der Waals surface area contributed by atoms with E-state index in [1.807, 2.05) is 0 Å². The Morgan fingerprint density at radius 1 is 0.333 bits per heavy atom. The predicted molar refractivity (Wildman–Crippen MR) is 231 cm³/mol. The van der Waals surface area contributed by atoms with Crippen molar-refractivity contribution in [1.82, 2.24) is 0 Å². The first-order chi connectivity index (χ1) is 26.8. The molecule has 2 aliphatic rings. The van der Waals surface area contributed by atoms with E-state index in [2.05, 4.69) is 180 Å². The molecule has 0 atom stereocenters. The molecule has 2 aliphatic heterocycles. The molecule has 0 N–H and O–H groups in total. The molecule has 0 aromatic heterocycles. The number of aryl methyl sites for hydroxylation is 2. The minimum absolute atomic E-state index is 1.01. The van der Waals surface area contributed by atoms with Gasteiger partial charge in [-0.15, -0.1) is 0 Å². The number of fused-ring (bicyclic) bond motifs is 6. The van der Waals surface area contributed by atoms with E-state index < -0.39 is 0 Å². The molecule has 2 heteroatoms. The molecule has 9 aromatic rings. The summed E-state index contributed by atoms with van der Waals surface area (Å²) < 4.78 is 0. The van der Waals surface area contributed by atoms with Gasteiger partial charge < -0.3 is 9.80 Å². The maximum atomic E-state index is 2.55. The first-order valence-electron chi connectivity index (χ1n) is 19.5. The first-order valence-corrected chi connectivity index (χ1v) is 19.5. The number of nitrogens with zero attached hydrogens (tertiary/aromatic N) is 2. The monoisotopic (exact) mass is 692 g/mol. The van der Waals surface area contributed by atoms with Crippen LogP contribution in [-0.2, 0) is 12.8 Å². The van der Waals surface area contributed by atoms with Crippen LogP contribution < -0.4 is 9.80 Å². The van der Waals surface area contributed by atoms with Crippen molar-refractivity contribution in [2.75, 3.05) is 22.9 Å². The Hall–Kier alpha value is -6.38. The zero-order valence-electron chi connectivity index (χ0n) is 30.3. The van der Waals surface area contributed by atoms with Gasteiger partial charge in [-0.2, -0.15) is 0 Å². The molecule has 0 radical (unpaired) electrons. The molecule has 9 aromatic carbocycles. The number of rotatable bonds is 4. The quantitative estimate of drug-likeness (QED) is 0.169. The summed E-state index contributed by atoms with van der Waals surface area (Å²) in [6.07, 6.45) is 4.55. The van der Waals surface area contributed by atoms with E-state index >= 15 is 0 Å². The maximum absolute atomic E-state index is 2.55. The highest BCUT2D eigenvalue weighted by Gasteiger charge is 2.24. The fourth-order valence-corrected chi connectivity index (χ4v) is 9.46. The van der Waals surface area contributed by atoms with Crippen molar-refractivity contribution in [3.8, 4) is 22.3 Å². The van der Waals surface area contributed by atoms with Crippen molar-refractivity contribution in [1.29, 1.82) is 0 Å². The van der Waals surface area contributed by atoms with Crippen LogP contribution >= 0.6 is 0 Å². The molecule has 0 spiro atoms. The van der Waals surface area contributed by atoms with Gasteiger partial charge in [-0.25, -0.2) is 0 Å². The van der Waals surface area contributed by atoms with Gasteiger partial charge in [0.1, 0.15) is 0 Å². The largest absolute Gasteiger partial charge is 0.341 e. The number of hydrogen-bond donors (Lipinski definition) is 0. The van der Waals surface area contributed by atoms with Crippen LogP contribution in [0.5, 0.6) is 0 Å². The fourth-order valence-electron chi connectivity index (χ4n) is 9.46. The molecule has 0 bridgehead atoms. The van der Waals surface area contributed by atoms with Crippen LogP contribution in [0.4, 0.5) is 22.7 Å². The first kappa shape index (κ1) is 31.2. The molecule has 0 amide bonds. The summed E-state index contributed by atoms with van der Waals surface area (Å²) in [5, 5.41) is 10.2. The maximum Gasteiger partial charge on any atom is 0.0443 e. The SMILES string of the molecule is c1ccc2c(c1)CCCN2c1ccc2c(-c3ccc4ccccc4c3)c3ccc(N4CCCc5ccccc54)cc3c(-c3ccc4ccccc4c3)c2c1. The summed E-state index contributed by atoms with van der Waals surface area (Å²) >= 11 is 0. The summed E-state index contributed by atoms with van der Waals surface area (Å²) in [6, 6.07) is 64.0. The van der Waals surface area contributed by atoms with E-state index in [0.29, 0.717) is 0 Å². The highest BCUT2D eigenvalue weighted by molar-refractivity contribution is 6.23. The van der Waals surface area contributed by atoms with E-state index in [1.165, 1.54) is 99.2 Å². The molecular formula is C52H40N2. The van der Waals surface area contributed by atoms with Crippen LogP contribution in [0.1, 0.15) is 24.0 Å². The number of anilines is 4. The smallest absolute Gasteiger partial charge is 0.0443 e. The van der Waals surface area contributed by atoms with Crippen LogP contribution in [0.25, 0.3) is 65.3 Å². The second-order valence-corrected chi connectivity index (χ2v) is 15.1. The average molecular weight is 693 g/mol. The van der Waals surface area contributed by atoms with E-state index in [9.17, 15) is 0 Å². The van der Waals surface area contributed by atoms with Crippen LogP contribution in [0.3, 0.4) is 0 Å². The molecule has 54 heavy (non-hydrogen) atoms. The number of benzene rings is 9. The molecule has 0 saturated heterocycles. The second-order valence-electron chi connectivity index (χ2n) is 15.1. The van der Waals surface area contributed by atoms with Crippen molar-refractivity contribution in [2.45, 2.75) is 25.7 Å². The third-order valence-corrected chi connectivity index (χ3v) is 12.0. The minimum atomic E-state index is 1.01. The Labute approximate surface area is 316 Å². The molecule has 258 valence electrons. The van der Waals surface area contributed by atoms with E-state index in [4.69, 9.17) is 0 Å². The van der Waals surface area contributed by atoms with Crippen molar-refractivity contribution in [2.24, 2.45) is 0 Å². The minimum Gasteiger partial charge on any atom is -0.341 e. The summed E-state index contributed by atoms with van der Waals surface area (Å²) in [4.78, 5) is 5.09. The van der Waals surface area contributed by atoms with Crippen LogP contribution in [-0.4, -0.2) is 13.1 Å². The molecule has 0 unspecified atom stereocenters. The third kappa shape index (κ3) is 5.09. The number of para-hydroxylation sites is 2. The van der Waals surface area contributed by atoms with Crippen molar-refractivity contribution in [3.05, 3.63) is 181 Å². The van der Waals surface area contributed by atoms with Crippen molar-refractivity contribution >= 4 is 65.8 Å². The molecule has 0 fully saturated rings. The highest BCUT2D eigenvalue weighted by Crippen LogP contribution is 2.48. The third-order valence-electron chi connectivity index (χ3n) is 12.0. The zero-order chi connectivity index (χ0) is 35.6. The lowest BCUT2D eigenvalue weighted by molar-refractivity contribution is 0.767. The Bertz CT molecular complexity index is 2800. The Morgan fingerprint density at radius 3 is 1.26 bits per heavy atom. The van der Waals surface area contributed by atoms with Gasteiger partial charge >= 0.3 is 0 Å². The summed E-state index contributed by atoms with van der Waals surface area (Å²) in [7, 11) is 0. The molecular weight excluding hydrogens is 653 g/mol. The Morgan fingerprint density at radius 2 is 0.759 bits per heavy atom. The molecule has 0 saturated carbocycles. The van der Waals surface area contributed by atoms with E-state index in [-0.39, 0.29) is 0 Å². The summed E-state index contributed by atoms with van der Waals surface area (Å²) in [5.41, 5.74) is 13.1. The van der Waals surface area contributed by atoms with Crippen LogP contribution in [0.15, 0.2) is 170 Å². The predicted octanol–water partition coefficient (Wildman–Crippen LogP) is 13.8. The second kappa shape index (κ2) is 12.6. The van der Waals surface area contributed by atoms with Crippen molar-refractivity contribution in [3.63, 3.8) is 0 Å². The number of hydrogen-bond acceptors (Lipinski definition) is 2. The van der Waals surface area contributed by atoms with Gasteiger partial charge in [0, 0.05) is 35.8 Å². The summed E-state index contributed by atoms with van der Waals surface area (Å²) in [6.45, 7) is 2.02. The topological polar surface area (TPSA) is 6.48 Å². The summed E-state index contributed by atoms with van der Waals surface area (Å²) in [5.74, 6) is 0. The van der Waals surface area contributed by atoms with Gasteiger partial charge in [-0.1, -0.05) is 121 Å². The van der Waals surface area contributed by atoms with Gasteiger partial charge in [-0.3, -0.25) is 0 Å². The molecule has 0 aliphatic carbocycles. The lowest BCUT2D eigenvalue weighted by Gasteiger charge is -2.32. The van der Waals surface area contributed by atoms with Gasteiger partial charge in [0.05, 0.1) is 0 Å². The van der Waals surface area contributed by atoms with Gasteiger partial charge in [-0.05, 0) is 151 Å². The highest BCUT2D eigenvalue weighted by atomic mass is 15.1. The van der Waals surface area contributed by atoms with Gasteiger partial charge in [0.25, 0.3) is 0 Å². The lowest BCUT2D eigenvalue weighted by atomic mass is 9.84. The Balaban J connectivity index is 1.25. The molecule has 2 nitrogen and oxygen atoms in total. The Kier molecular flexibility index (Phi) is 7.30. The van der Waals surface area contributed by atoms with Gasteiger partial charge in [0.2, 0.25) is 0 Å². The normalized spacial score (nSPS) is 14.1. The zero-order valence-corrected chi connectivity index (χ0v) is 30.3. The average Bonchev–Trinajstić information content (AvgIpc) is 3.24.